The maximum Gasteiger partial charge on any atom is 0.573 e. The Bertz CT molecular complexity index is 686. The number of nitrogens with two attached hydrogens (primary N) is 1. The first kappa shape index (κ1) is 18.2. The van der Waals surface area contributed by atoms with Gasteiger partial charge >= 0.3 is 6.36 Å². The molecule has 2 aromatic rings. The smallest absolute Gasteiger partial charge is 0.406 e. The Morgan fingerprint density at radius 3 is 2.58 bits per heavy atom. The summed E-state index contributed by atoms with van der Waals surface area (Å²) in [5.41, 5.74) is 6.46. The van der Waals surface area contributed by atoms with Gasteiger partial charge in [0.15, 0.2) is 0 Å². The number of aromatic nitrogens is 1. The SMILES string of the molecule is CN(Cc1ccc(OC(F)(F)F)cc1)C(=O)c1csc(CCN)n1. The predicted octanol–water partition coefficient (Wildman–Crippen LogP) is 2.82. The van der Waals surface area contributed by atoms with E-state index in [1.165, 1.54) is 40.5 Å². The van der Waals surface area contributed by atoms with Crippen molar-refractivity contribution in [2.45, 2.75) is 19.3 Å². The van der Waals surface area contributed by atoms with Crippen molar-refractivity contribution in [2.75, 3.05) is 13.6 Å². The predicted molar refractivity (Wildman–Crippen MR) is 83.8 cm³/mol. The van der Waals surface area contributed by atoms with Crippen molar-refractivity contribution in [3.05, 3.63) is 45.9 Å². The lowest BCUT2D eigenvalue weighted by Crippen LogP contribution is -2.26. The molecule has 0 aliphatic carbocycles. The normalized spacial score (nSPS) is 11.4. The second-order valence-corrected chi connectivity index (χ2v) is 5.96. The van der Waals surface area contributed by atoms with Gasteiger partial charge in [-0.3, -0.25) is 4.79 Å². The summed E-state index contributed by atoms with van der Waals surface area (Å²) < 4.78 is 40.1. The van der Waals surface area contributed by atoms with Crippen molar-refractivity contribution in [2.24, 2.45) is 5.73 Å². The molecule has 0 bridgehead atoms. The van der Waals surface area contributed by atoms with Gasteiger partial charge in [-0.2, -0.15) is 0 Å². The number of alkyl halides is 3. The Kier molecular flexibility index (Phi) is 5.79. The monoisotopic (exact) mass is 359 g/mol. The van der Waals surface area contributed by atoms with Crippen LogP contribution in [0, 0.1) is 0 Å². The van der Waals surface area contributed by atoms with E-state index in [2.05, 4.69) is 9.72 Å². The highest BCUT2D eigenvalue weighted by Gasteiger charge is 2.31. The van der Waals surface area contributed by atoms with Crippen LogP contribution in [-0.4, -0.2) is 35.7 Å². The van der Waals surface area contributed by atoms with Crippen molar-refractivity contribution in [3.63, 3.8) is 0 Å². The minimum Gasteiger partial charge on any atom is -0.406 e. The van der Waals surface area contributed by atoms with Gasteiger partial charge in [0.25, 0.3) is 5.91 Å². The first-order valence-corrected chi connectivity index (χ1v) is 7.91. The van der Waals surface area contributed by atoms with E-state index in [0.29, 0.717) is 24.2 Å². The molecule has 1 amide bonds. The first-order chi connectivity index (χ1) is 11.3. The van der Waals surface area contributed by atoms with Crippen LogP contribution in [0.3, 0.4) is 0 Å². The molecule has 0 saturated carbocycles. The molecule has 0 unspecified atom stereocenters. The molecular formula is C15H16F3N3O2S. The average molecular weight is 359 g/mol. The van der Waals surface area contributed by atoms with Crippen LogP contribution in [0.4, 0.5) is 13.2 Å². The number of amides is 1. The Morgan fingerprint density at radius 2 is 2.00 bits per heavy atom. The maximum absolute atomic E-state index is 12.3. The van der Waals surface area contributed by atoms with Crippen LogP contribution in [0.25, 0.3) is 0 Å². The summed E-state index contributed by atoms with van der Waals surface area (Å²) in [4.78, 5) is 18.0. The van der Waals surface area contributed by atoms with Gasteiger partial charge in [-0.15, -0.1) is 24.5 Å². The second-order valence-electron chi connectivity index (χ2n) is 5.02. The van der Waals surface area contributed by atoms with E-state index in [4.69, 9.17) is 5.73 Å². The molecule has 1 aromatic carbocycles. The van der Waals surface area contributed by atoms with Crippen LogP contribution in [-0.2, 0) is 13.0 Å². The molecule has 0 atom stereocenters. The van der Waals surface area contributed by atoms with Crippen molar-refractivity contribution in [1.29, 1.82) is 0 Å². The number of thiazole rings is 1. The fourth-order valence-electron chi connectivity index (χ4n) is 1.99. The van der Waals surface area contributed by atoms with E-state index in [-0.39, 0.29) is 18.2 Å². The molecule has 0 spiro atoms. The third kappa shape index (κ3) is 5.20. The molecule has 9 heteroatoms. The van der Waals surface area contributed by atoms with E-state index >= 15 is 0 Å². The average Bonchev–Trinajstić information content (AvgIpc) is 2.96. The minimum absolute atomic E-state index is 0.245. The highest BCUT2D eigenvalue weighted by atomic mass is 32.1. The zero-order valence-corrected chi connectivity index (χ0v) is 13.7. The van der Waals surface area contributed by atoms with Crippen LogP contribution >= 0.6 is 11.3 Å². The van der Waals surface area contributed by atoms with Crippen molar-refractivity contribution >= 4 is 17.2 Å². The summed E-state index contributed by atoms with van der Waals surface area (Å²) >= 11 is 1.37. The number of hydrogen-bond donors (Lipinski definition) is 1. The molecule has 0 radical (unpaired) electrons. The number of rotatable bonds is 6. The summed E-state index contributed by atoms with van der Waals surface area (Å²) in [6.07, 6.45) is -4.11. The standard InChI is InChI=1S/C15H16F3N3O2S/c1-21(14(22)12-9-24-13(20-12)6-7-19)8-10-2-4-11(5-3-10)23-15(16,17)18/h2-5,9H,6-8,19H2,1H3. The van der Waals surface area contributed by atoms with Crippen molar-refractivity contribution in [3.8, 4) is 5.75 Å². The molecule has 0 saturated heterocycles. The molecule has 0 fully saturated rings. The van der Waals surface area contributed by atoms with Crippen molar-refractivity contribution in [1.82, 2.24) is 9.88 Å². The zero-order valence-electron chi connectivity index (χ0n) is 12.8. The zero-order chi connectivity index (χ0) is 17.7. The summed E-state index contributed by atoms with van der Waals surface area (Å²) in [7, 11) is 1.60. The third-order valence-electron chi connectivity index (χ3n) is 3.05. The number of ether oxygens (including phenoxy) is 1. The molecule has 1 aromatic heterocycles. The quantitative estimate of drug-likeness (QED) is 0.861. The lowest BCUT2D eigenvalue weighted by Gasteiger charge is -2.16. The Hall–Kier alpha value is -2.13. The number of carbonyl (C=O) groups excluding carboxylic acids is 1. The molecule has 0 aliphatic rings. The molecule has 24 heavy (non-hydrogen) atoms. The molecular weight excluding hydrogens is 343 g/mol. The largest absolute Gasteiger partial charge is 0.573 e. The number of halogens is 3. The highest BCUT2D eigenvalue weighted by molar-refractivity contribution is 7.09. The topological polar surface area (TPSA) is 68.5 Å². The first-order valence-electron chi connectivity index (χ1n) is 7.03. The minimum atomic E-state index is -4.72. The fourth-order valence-corrected chi connectivity index (χ4v) is 2.77. The van der Waals surface area contributed by atoms with Crippen LogP contribution in [0.2, 0.25) is 0 Å². The lowest BCUT2D eigenvalue weighted by atomic mass is 10.2. The van der Waals surface area contributed by atoms with E-state index in [0.717, 1.165) is 5.01 Å². The molecule has 2 rings (SSSR count). The number of nitrogens with zero attached hydrogens (tertiary/aromatic N) is 2. The third-order valence-corrected chi connectivity index (χ3v) is 3.96. The Labute approximate surface area is 140 Å². The van der Waals surface area contributed by atoms with E-state index < -0.39 is 6.36 Å². The van der Waals surface area contributed by atoms with Gasteiger partial charge in [-0.05, 0) is 24.2 Å². The molecule has 5 nitrogen and oxygen atoms in total. The molecule has 1 heterocycles. The van der Waals surface area contributed by atoms with Crippen LogP contribution in [0.15, 0.2) is 29.6 Å². The van der Waals surface area contributed by atoms with Gasteiger partial charge in [-0.25, -0.2) is 4.98 Å². The Morgan fingerprint density at radius 1 is 1.33 bits per heavy atom. The second kappa shape index (κ2) is 7.63. The lowest BCUT2D eigenvalue weighted by molar-refractivity contribution is -0.274. The van der Waals surface area contributed by atoms with Gasteiger partial charge in [-0.1, -0.05) is 12.1 Å². The van der Waals surface area contributed by atoms with Crippen molar-refractivity contribution < 1.29 is 22.7 Å². The maximum atomic E-state index is 12.3. The van der Waals surface area contributed by atoms with Gasteiger partial charge in [0.2, 0.25) is 0 Å². The van der Waals surface area contributed by atoms with Gasteiger partial charge in [0, 0.05) is 25.4 Å². The number of carbonyl (C=O) groups is 1. The molecule has 2 N–H and O–H groups in total. The van der Waals surface area contributed by atoms with Gasteiger partial charge in [0.05, 0.1) is 5.01 Å². The van der Waals surface area contributed by atoms with Gasteiger partial charge in [0.1, 0.15) is 11.4 Å². The van der Waals surface area contributed by atoms with Gasteiger partial charge < -0.3 is 15.4 Å². The summed E-state index contributed by atoms with van der Waals surface area (Å²) in [6, 6.07) is 5.38. The Balaban J connectivity index is 1.97. The van der Waals surface area contributed by atoms with Crippen LogP contribution in [0.5, 0.6) is 5.75 Å². The number of benzene rings is 1. The summed E-state index contributed by atoms with van der Waals surface area (Å²) in [5.74, 6) is -0.559. The fraction of sp³-hybridized carbons (Fsp3) is 0.333. The highest BCUT2D eigenvalue weighted by Crippen LogP contribution is 2.23. The van der Waals surface area contributed by atoms with E-state index in [1.807, 2.05) is 0 Å². The van der Waals surface area contributed by atoms with Crippen LogP contribution in [0.1, 0.15) is 21.1 Å². The number of hydrogen-bond acceptors (Lipinski definition) is 5. The summed E-state index contributed by atoms with van der Waals surface area (Å²) in [6.45, 7) is 0.707. The van der Waals surface area contributed by atoms with Crippen LogP contribution < -0.4 is 10.5 Å². The molecule has 130 valence electrons. The molecule has 0 aliphatic heterocycles. The van der Waals surface area contributed by atoms with E-state index in [1.54, 1.807) is 12.4 Å². The van der Waals surface area contributed by atoms with E-state index in [9.17, 15) is 18.0 Å². The summed E-state index contributed by atoms with van der Waals surface area (Å²) in [5, 5.41) is 2.47.